The molecule has 2 aromatic rings. The third kappa shape index (κ3) is 7.85. The maximum absolute atomic E-state index is 14.0. The van der Waals surface area contributed by atoms with Gasteiger partial charge in [0.15, 0.2) is 5.69 Å². The highest BCUT2D eigenvalue weighted by molar-refractivity contribution is 7.93. The summed E-state index contributed by atoms with van der Waals surface area (Å²) in [7, 11) is -3.27. The van der Waals surface area contributed by atoms with Crippen molar-refractivity contribution in [3.63, 3.8) is 0 Å². The lowest BCUT2D eigenvalue weighted by Crippen LogP contribution is -2.32. The Balaban J connectivity index is 0.00000169. The molecule has 1 atom stereocenters. The number of alkyl halides is 5. The summed E-state index contributed by atoms with van der Waals surface area (Å²) >= 11 is 0. The molecule has 1 saturated carbocycles. The number of halogens is 5. The minimum atomic E-state index is -5.05. The van der Waals surface area contributed by atoms with Crippen LogP contribution in [-0.4, -0.2) is 63.4 Å². The van der Waals surface area contributed by atoms with Crippen LogP contribution in [0.25, 0.3) is 0 Å². The van der Waals surface area contributed by atoms with Gasteiger partial charge in [0.25, 0.3) is 18.3 Å². The molecule has 2 amide bonds. The number of amides is 2. The number of nitrogens with zero attached hydrogens (tertiary/aromatic N) is 4. The molecule has 0 radical (unpaired) electrons. The zero-order chi connectivity index (χ0) is 33.1. The molecule has 2 heterocycles. The fourth-order valence-electron chi connectivity index (χ4n) is 4.46. The smallest absolute Gasteiger partial charge is 0.434 e. The second-order valence-corrected chi connectivity index (χ2v) is 12.7. The van der Waals surface area contributed by atoms with E-state index >= 15 is 0 Å². The van der Waals surface area contributed by atoms with E-state index in [1.807, 2.05) is 0 Å². The van der Waals surface area contributed by atoms with Gasteiger partial charge in [-0.2, -0.15) is 22.8 Å². The van der Waals surface area contributed by atoms with Gasteiger partial charge in [0.2, 0.25) is 5.92 Å². The van der Waals surface area contributed by atoms with Gasteiger partial charge in [0.05, 0.1) is 26.4 Å². The maximum atomic E-state index is 14.0. The second kappa shape index (κ2) is 12.8. The zero-order valence-electron chi connectivity index (χ0n) is 23.6. The van der Waals surface area contributed by atoms with E-state index < -0.39 is 69.1 Å². The summed E-state index contributed by atoms with van der Waals surface area (Å²) in [4.78, 5) is 39.1. The molecule has 11 nitrogen and oxygen atoms in total. The Kier molecular flexibility index (Phi) is 10.0. The number of benzene rings is 1. The van der Waals surface area contributed by atoms with Crippen LogP contribution in [0, 0.1) is 18.3 Å². The van der Waals surface area contributed by atoms with Crippen LogP contribution in [0.3, 0.4) is 0 Å². The number of hydrogen-bond acceptors (Lipinski definition) is 8. The van der Waals surface area contributed by atoms with Crippen molar-refractivity contribution in [2.75, 3.05) is 29.6 Å². The Morgan fingerprint density at radius 2 is 1.86 bits per heavy atom. The van der Waals surface area contributed by atoms with Gasteiger partial charge < -0.3 is 21.1 Å². The molecule has 2 fully saturated rings. The minimum Gasteiger partial charge on any atom is -0.483 e. The molecule has 1 aromatic heterocycles. The first-order valence-electron chi connectivity index (χ1n) is 13.1. The van der Waals surface area contributed by atoms with E-state index in [4.69, 9.17) is 15.6 Å². The van der Waals surface area contributed by atoms with Crippen molar-refractivity contribution in [3.8, 4) is 6.07 Å². The van der Waals surface area contributed by atoms with Gasteiger partial charge >= 0.3 is 6.18 Å². The molecule has 0 bridgehead atoms. The van der Waals surface area contributed by atoms with Crippen LogP contribution in [0.5, 0.6) is 0 Å². The van der Waals surface area contributed by atoms with E-state index in [1.54, 1.807) is 0 Å². The van der Waals surface area contributed by atoms with Crippen molar-refractivity contribution in [2.45, 2.75) is 61.6 Å². The summed E-state index contributed by atoms with van der Waals surface area (Å²) in [6.45, 7) is 0.451. The monoisotopic (exact) mass is 644 g/mol. The Labute approximate surface area is 249 Å². The summed E-state index contributed by atoms with van der Waals surface area (Å²) in [6, 6.07) is 7.01. The lowest BCUT2D eigenvalue weighted by Gasteiger charge is -2.27. The molecular weight excluding hydrogens is 615 g/mol. The number of rotatable bonds is 5. The van der Waals surface area contributed by atoms with Crippen LogP contribution in [-0.2, 0) is 25.5 Å². The van der Waals surface area contributed by atoms with Crippen molar-refractivity contribution < 1.29 is 45.7 Å². The molecule has 1 unspecified atom stereocenters. The van der Waals surface area contributed by atoms with E-state index in [0.29, 0.717) is 12.8 Å². The van der Waals surface area contributed by atoms with Crippen molar-refractivity contribution in [3.05, 3.63) is 46.6 Å². The number of carboxylic acid groups (broad SMARTS) is 1. The molecule has 1 aliphatic heterocycles. The van der Waals surface area contributed by atoms with Gasteiger partial charge in [-0.1, -0.05) is 6.07 Å². The molecule has 1 saturated heterocycles. The number of hydrogen-bond donors (Lipinski definition) is 3. The fourth-order valence-corrected chi connectivity index (χ4v) is 5.74. The van der Waals surface area contributed by atoms with Crippen LogP contribution in [0.15, 0.2) is 33.5 Å². The summed E-state index contributed by atoms with van der Waals surface area (Å²) in [5.41, 5.74) is 1.66. The van der Waals surface area contributed by atoms with Crippen molar-refractivity contribution in [1.82, 2.24) is 4.98 Å². The van der Waals surface area contributed by atoms with E-state index in [0.717, 1.165) is 6.92 Å². The average molecular weight is 645 g/mol. The summed E-state index contributed by atoms with van der Waals surface area (Å²) in [5.74, 6) is -5.17. The standard InChI is InChI=1S/C26H27F5N6O3S.CH2O2/c1-15-18(14-32)20(26(29,30)31)35-21(37-11-4-7-25(27,28)10-12-37)19(15)22(38)34-16-5-3-6-17(13-16)41(2,40)36-23(39)24(33)8-9-24;2-1-3/h3,5-6,13H,4,7-12,33H2,1-2H3,(H,34,38);1H,(H,2,3). The molecule has 44 heavy (non-hydrogen) atoms. The number of anilines is 2. The number of carbonyl (C=O) groups excluding carboxylic acids is 2. The summed E-state index contributed by atoms with van der Waals surface area (Å²) in [6.07, 6.45) is -4.17. The van der Waals surface area contributed by atoms with Gasteiger partial charge in [0, 0.05) is 42.8 Å². The Bertz CT molecular complexity index is 1630. The quantitative estimate of drug-likeness (QED) is 0.316. The largest absolute Gasteiger partial charge is 0.483 e. The van der Waals surface area contributed by atoms with Crippen LogP contribution in [0.2, 0.25) is 0 Å². The van der Waals surface area contributed by atoms with Crippen molar-refractivity contribution in [2.24, 2.45) is 10.1 Å². The first-order valence-corrected chi connectivity index (χ1v) is 15.0. The van der Waals surface area contributed by atoms with Gasteiger partial charge in [-0.15, -0.1) is 0 Å². The third-order valence-corrected chi connectivity index (χ3v) is 8.70. The van der Waals surface area contributed by atoms with E-state index in [2.05, 4.69) is 14.7 Å². The molecule has 1 aromatic carbocycles. The SMILES string of the molecule is Cc1c(C#N)c(C(F)(F)F)nc(N2CCCC(F)(F)CC2)c1C(=O)Nc1cccc(S(C)(=O)=NC(=O)C2(N)CC2)c1.O=CO. The third-order valence-electron chi connectivity index (χ3n) is 7.05. The highest BCUT2D eigenvalue weighted by Crippen LogP contribution is 2.38. The average Bonchev–Trinajstić information content (AvgIpc) is 3.70. The van der Waals surface area contributed by atoms with Crippen LogP contribution < -0.4 is 16.0 Å². The van der Waals surface area contributed by atoms with E-state index in [9.17, 15) is 41.0 Å². The first kappa shape index (κ1) is 34.3. The molecule has 4 rings (SSSR count). The summed E-state index contributed by atoms with van der Waals surface area (Å²) < 4.78 is 86.6. The summed E-state index contributed by atoms with van der Waals surface area (Å²) in [5, 5.41) is 18.9. The normalized spacial score (nSPS) is 18.3. The molecule has 2 aliphatic rings. The first-order chi connectivity index (χ1) is 20.4. The lowest BCUT2D eigenvalue weighted by atomic mass is 10.00. The van der Waals surface area contributed by atoms with Crippen molar-refractivity contribution >= 4 is 39.5 Å². The molecule has 4 N–H and O–H groups in total. The fraction of sp³-hybridized carbons (Fsp3) is 0.444. The molecule has 238 valence electrons. The van der Waals surface area contributed by atoms with Crippen LogP contribution in [0.4, 0.5) is 33.5 Å². The number of nitriles is 1. The number of aromatic nitrogens is 1. The Morgan fingerprint density at radius 1 is 1.23 bits per heavy atom. The second-order valence-electron chi connectivity index (χ2n) is 10.4. The van der Waals surface area contributed by atoms with Crippen molar-refractivity contribution in [1.29, 1.82) is 5.26 Å². The number of carbonyl (C=O) groups is 3. The topological polar surface area (TPSA) is 179 Å². The highest BCUT2D eigenvalue weighted by Gasteiger charge is 2.46. The maximum Gasteiger partial charge on any atom is 0.434 e. The predicted octanol–water partition coefficient (Wildman–Crippen LogP) is 4.33. The number of pyridine rings is 1. The minimum absolute atomic E-state index is 0.0600. The highest BCUT2D eigenvalue weighted by atomic mass is 32.2. The van der Waals surface area contributed by atoms with Gasteiger partial charge in [-0.05, 0) is 49.9 Å². The van der Waals surface area contributed by atoms with Crippen LogP contribution in [0.1, 0.15) is 59.3 Å². The lowest BCUT2D eigenvalue weighted by molar-refractivity contribution is -0.141. The Morgan fingerprint density at radius 3 is 2.43 bits per heavy atom. The predicted molar refractivity (Wildman–Crippen MR) is 149 cm³/mol. The van der Waals surface area contributed by atoms with Crippen LogP contribution >= 0.6 is 0 Å². The Hall–Kier alpha value is -4.17. The van der Waals surface area contributed by atoms with E-state index in [1.165, 1.54) is 41.5 Å². The molecular formula is C27H29F5N6O5S. The van der Waals surface area contributed by atoms with Gasteiger partial charge in [-0.25, -0.2) is 18.0 Å². The molecule has 17 heteroatoms. The molecule has 0 spiro atoms. The van der Waals surface area contributed by atoms with E-state index in [-0.39, 0.29) is 47.7 Å². The van der Waals surface area contributed by atoms with Gasteiger partial charge in [-0.3, -0.25) is 14.4 Å². The number of nitrogens with one attached hydrogen (secondary N) is 1. The molecule has 1 aliphatic carbocycles. The zero-order valence-corrected chi connectivity index (χ0v) is 24.4. The van der Waals surface area contributed by atoms with Gasteiger partial charge in [0.1, 0.15) is 11.9 Å². The number of nitrogens with two attached hydrogens (primary N) is 1.